The molecule has 1 aromatic rings. The first-order chi connectivity index (χ1) is 18.9. The first-order valence-corrected chi connectivity index (χ1v) is 14.4. The Morgan fingerprint density at radius 2 is 1.92 bits per heavy atom. The van der Waals surface area contributed by atoms with E-state index in [1.54, 1.807) is 13.1 Å². The number of amidine groups is 1. The lowest BCUT2D eigenvalue weighted by atomic mass is 9.87. The van der Waals surface area contributed by atoms with Gasteiger partial charge in [0, 0.05) is 35.0 Å². The van der Waals surface area contributed by atoms with E-state index in [-0.39, 0.29) is 29.8 Å². The Balaban J connectivity index is 1.44. The standard InChI is InChI=1S/C32H40N4O3/c1-4-26-19-39-28(18-36(26)29(38)16-7-20(2)22-8-9-22)27-15-14-24-6-5-17-34-32(33)30(24)31(35-27)25-12-10-23(11-13-25)21(3)37/h5,10-13,17,22,24,26,28H,2,4,6-9,14-16,18-19H2,1,3H3,(H2,33,34)/t24?,26-,28-/m1/s1. The Bertz CT molecular complexity index is 1250. The molecule has 1 unspecified atom stereocenters. The lowest BCUT2D eigenvalue weighted by Crippen LogP contribution is -2.54. The molecule has 3 heterocycles. The van der Waals surface area contributed by atoms with Crippen molar-refractivity contribution in [2.75, 3.05) is 13.2 Å². The van der Waals surface area contributed by atoms with E-state index in [1.165, 1.54) is 18.4 Å². The number of carbonyl (C=O) groups excluding carboxylic acids is 2. The molecular weight excluding hydrogens is 488 g/mol. The lowest BCUT2D eigenvalue weighted by Gasteiger charge is -2.40. The van der Waals surface area contributed by atoms with Gasteiger partial charge in [0.25, 0.3) is 0 Å². The zero-order valence-corrected chi connectivity index (χ0v) is 23.2. The van der Waals surface area contributed by atoms with Crippen LogP contribution in [0.2, 0.25) is 0 Å². The highest BCUT2D eigenvalue weighted by atomic mass is 16.5. The van der Waals surface area contributed by atoms with Crippen molar-refractivity contribution in [1.82, 2.24) is 4.90 Å². The molecule has 0 radical (unpaired) electrons. The average Bonchev–Trinajstić information content (AvgIpc) is 3.81. The molecular formula is C32H40N4O3. The molecule has 1 saturated carbocycles. The van der Waals surface area contributed by atoms with E-state index >= 15 is 0 Å². The minimum absolute atomic E-state index is 0.0217. The summed E-state index contributed by atoms with van der Waals surface area (Å²) in [6, 6.07) is 7.62. The summed E-state index contributed by atoms with van der Waals surface area (Å²) >= 11 is 0. The van der Waals surface area contributed by atoms with E-state index in [2.05, 4.69) is 24.6 Å². The van der Waals surface area contributed by atoms with Gasteiger partial charge < -0.3 is 15.4 Å². The van der Waals surface area contributed by atoms with Gasteiger partial charge >= 0.3 is 0 Å². The molecule has 5 rings (SSSR count). The molecule has 1 saturated heterocycles. The number of morpholine rings is 1. The number of aliphatic imine (C=N–C) groups is 2. The molecule has 3 aliphatic heterocycles. The maximum atomic E-state index is 13.4. The summed E-state index contributed by atoms with van der Waals surface area (Å²) < 4.78 is 6.39. The quantitative estimate of drug-likeness (QED) is 0.357. The minimum Gasteiger partial charge on any atom is -0.383 e. The zero-order valence-electron chi connectivity index (χ0n) is 23.2. The van der Waals surface area contributed by atoms with Gasteiger partial charge in [-0.25, -0.2) is 4.99 Å². The summed E-state index contributed by atoms with van der Waals surface area (Å²) in [5, 5.41) is 0. The molecule has 0 bridgehead atoms. The van der Waals surface area contributed by atoms with Gasteiger partial charge in [0.15, 0.2) is 5.78 Å². The molecule has 7 nitrogen and oxygen atoms in total. The van der Waals surface area contributed by atoms with Gasteiger partial charge in [-0.1, -0.05) is 49.4 Å². The third-order valence-corrected chi connectivity index (χ3v) is 8.52. The molecule has 0 spiro atoms. The van der Waals surface area contributed by atoms with Crippen LogP contribution >= 0.6 is 0 Å². The van der Waals surface area contributed by atoms with E-state index < -0.39 is 0 Å². The van der Waals surface area contributed by atoms with Gasteiger partial charge in [-0.15, -0.1) is 0 Å². The summed E-state index contributed by atoms with van der Waals surface area (Å²) in [6.07, 6.45) is 10.6. The number of benzene rings is 1. The van der Waals surface area contributed by atoms with Gasteiger partial charge in [-0.3, -0.25) is 14.6 Å². The number of nitrogens with zero attached hydrogens (tertiary/aromatic N) is 3. The largest absolute Gasteiger partial charge is 0.383 e. The second kappa shape index (κ2) is 11.8. The highest BCUT2D eigenvalue weighted by molar-refractivity contribution is 6.07. The van der Waals surface area contributed by atoms with Crippen LogP contribution in [0.5, 0.6) is 0 Å². The number of allylic oxidation sites excluding steroid dienone is 2. The summed E-state index contributed by atoms with van der Waals surface area (Å²) in [5.41, 5.74) is 11.9. The summed E-state index contributed by atoms with van der Waals surface area (Å²) in [4.78, 5) is 37.0. The third-order valence-electron chi connectivity index (χ3n) is 8.52. The van der Waals surface area contributed by atoms with Crippen LogP contribution in [0.25, 0.3) is 5.70 Å². The number of Topliss-reactive ketones (excluding diaryl/α,β-unsaturated/α-hetero) is 1. The third kappa shape index (κ3) is 6.14. The van der Waals surface area contributed by atoms with Gasteiger partial charge in [0.2, 0.25) is 5.91 Å². The van der Waals surface area contributed by atoms with Crippen molar-refractivity contribution >= 4 is 28.9 Å². The Labute approximate surface area is 231 Å². The molecule has 1 aliphatic carbocycles. The summed E-state index contributed by atoms with van der Waals surface area (Å²) in [5.74, 6) is 1.47. The lowest BCUT2D eigenvalue weighted by molar-refractivity contribution is -0.142. The Morgan fingerprint density at radius 1 is 1.15 bits per heavy atom. The van der Waals surface area contributed by atoms with E-state index in [1.807, 2.05) is 29.2 Å². The number of carbonyl (C=O) groups is 2. The number of ketones is 1. The molecule has 1 amide bonds. The van der Waals surface area contributed by atoms with Crippen LogP contribution in [0.15, 0.2) is 64.3 Å². The normalized spacial score (nSPS) is 25.3. The van der Waals surface area contributed by atoms with Crippen LogP contribution in [0.1, 0.15) is 81.1 Å². The molecule has 3 atom stereocenters. The van der Waals surface area contributed by atoms with Gasteiger partial charge in [-0.05, 0) is 63.7 Å². The van der Waals surface area contributed by atoms with Crippen molar-refractivity contribution in [3.8, 4) is 0 Å². The van der Waals surface area contributed by atoms with E-state index in [9.17, 15) is 9.59 Å². The van der Waals surface area contributed by atoms with Crippen molar-refractivity contribution in [3.05, 3.63) is 65.4 Å². The predicted octanol–water partition coefficient (Wildman–Crippen LogP) is 5.48. The Hall–Kier alpha value is -3.32. The van der Waals surface area contributed by atoms with Crippen LogP contribution in [0, 0.1) is 11.8 Å². The van der Waals surface area contributed by atoms with Crippen molar-refractivity contribution < 1.29 is 14.3 Å². The minimum atomic E-state index is -0.272. The highest BCUT2D eigenvalue weighted by Gasteiger charge is 2.36. The molecule has 2 fully saturated rings. The number of hydrogen-bond donors (Lipinski definition) is 1. The fourth-order valence-corrected chi connectivity index (χ4v) is 5.88. The molecule has 4 aliphatic rings. The number of nitrogens with two attached hydrogens (primary N) is 1. The Morgan fingerprint density at radius 3 is 2.62 bits per heavy atom. The molecule has 1 aromatic carbocycles. The average molecular weight is 529 g/mol. The van der Waals surface area contributed by atoms with E-state index in [0.29, 0.717) is 36.9 Å². The summed E-state index contributed by atoms with van der Waals surface area (Å²) in [7, 11) is 0. The number of rotatable bonds is 8. The second-order valence-corrected chi connectivity index (χ2v) is 11.2. The van der Waals surface area contributed by atoms with E-state index in [4.69, 9.17) is 15.5 Å². The number of fused-ring (bicyclic) bond motifs is 1. The van der Waals surface area contributed by atoms with Gasteiger partial charge in [-0.2, -0.15) is 0 Å². The number of hydrogen-bond acceptors (Lipinski definition) is 6. The molecule has 206 valence electrons. The van der Waals surface area contributed by atoms with Gasteiger partial charge in [0.1, 0.15) is 11.9 Å². The van der Waals surface area contributed by atoms with E-state index in [0.717, 1.165) is 54.6 Å². The smallest absolute Gasteiger partial charge is 0.223 e. The van der Waals surface area contributed by atoms with Crippen molar-refractivity contribution in [2.45, 2.75) is 77.4 Å². The van der Waals surface area contributed by atoms with Crippen molar-refractivity contribution in [2.24, 2.45) is 27.6 Å². The number of ether oxygens (including phenoxy) is 1. The second-order valence-electron chi connectivity index (χ2n) is 11.2. The Kier molecular flexibility index (Phi) is 8.26. The SMILES string of the molecule is C=C(CCC(=O)N1C[C@H](C2=NC(c3ccc(C(C)=O)cc3)=C3C(N)=NC=CCC3CC2)OC[C@H]1CC)C1CC1. The first-order valence-electron chi connectivity index (χ1n) is 14.4. The van der Waals surface area contributed by atoms with Crippen LogP contribution in [0.3, 0.4) is 0 Å². The van der Waals surface area contributed by atoms with Gasteiger partial charge in [0.05, 0.1) is 24.9 Å². The van der Waals surface area contributed by atoms with Crippen LogP contribution in [0.4, 0.5) is 0 Å². The molecule has 7 heteroatoms. The molecule has 2 N–H and O–H groups in total. The predicted molar refractivity (Wildman–Crippen MR) is 156 cm³/mol. The topological polar surface area (TPSA) is 97.4 Å². The maximum Gasteiger partial charge on any atom is 0.223 e. The van der Waals surface area contributed by atoms with Crippen LogP contribution in [-0.2, 0) is 9.53 Å². The zero-order chi connectivity index (χ0) is 27.5. The van der Waals surface area contributed by atoms with Crippen LogP contribution < -0.4 is 5.73 Å². The highest BCUT2D eigenvalue weighted by Crippen LogP contribution is 2.38. The summed E-state index contributed by atoms with van der Waals surface area (Å²) in [6.45, 7) is 8.89. The monoisotopic (exact) mass is 528 g/mol. The fraction of sp³-hybridized carbons (Fsp3) is 0.500. The fourth-order valence-electron chi connectivity index (χ4n) is 5.88. The molecule has 39 heavy (non-hydrogen) atoms. The maximum absolute atomic E-state index is 13.4. The molecule has 0 aromatic heterocycles. The number of amides is 1. The van der Waals surface area contributed by atoms with Crippen LogP contribution in [-0.4, -0.2) is 53.4 Å². The van der Waals surface area contributed by atoms with Crippen molar-refractivity contribution in [1.29, 1.82) is 0 Å². The first kappa shape index (κ1) is 27.3. The van der Waals surface area contributed by atoms with Crippen molar-refractivity contribution in [3.63, 3.8) is 0 Å².